The normalized spacial score (nSPS) is 10.9. The third-order valence-electron chi connectivity index (χ3n) is 3.30. The highest BCUT2D eigenvalue weighted by Gasteiger charge is 2.13. The molecule has 0 aliphatic carbocycles. The van der Waals surface area contributed by atoms with Crippen LogP contribution in [0.3, 0.4) is 0 Å². The lowest BCUT2D eigenvalue weighted by Crippen LogP contribution is -2.36. The van der Waals surface area contributed by atoms with Gasteiger partial charge in [-0.1, -0.05) is 0 Å². The first kappa shape index (κ1) is 15.0. The van der Waals surface area contributed by atoms with Gasteiger partial charge in [0.05, 0.1) is 25.0 Å². The van der Waals surface area contributed by atoms with Crippen molar-refractivity contribution in [3.05, 3.63) is 11.9 Å². The third-order valence-corrected chi connectivity index (χ3v) is 3.30. The number of rotatable bonds is 5. The molecule has 0 bridgehead atoms. The topological polar surface area (TPSA) is 85.0 Å². The van der Waals surface area contributed by atoms with E-state index >= 15 is 0 Å². The molecule has 2 aromatic heterocycles. The molecule has 2 aromatic rings. The Hall–Kier alpha value is -2.38. The fourth-order valence-electron chi connectivity index (χ4n) is 2.11. The van der Waals surface area contributed by atoms with Gasteiger partial charge < -0.3 is 10.2 Å². The first-order valence-electron chi connectivity index (χ1n) is 6.72. The molecule has 0 radical (unpaired) electrons. The van der Waals surface area contributed by atoms with Crippen LogP contribution in [0.2, 0.25) is 0 Å². The number of nitrogens with one attached hydrogen (secondary N) is 1. The minimum Gasteiger partial charge on any atom is -0.347 e. The molecule has 0 aliphatic rings. The summed E-state index contributed by atoms with van der Waals surface area (Å²) in [4.78, 5) is 24.6. The molecule has 2 heterocycles. The summed E-state index contributed by atoms with van der Waals surface area (Å²) in [6.45, 7) is 2.39. The van der Waals surface area contributed by atoms with Crippen LogP contribution in [0.4, 0.5) is 0 Å². The smallest absolute Gasteiger partial charge is 0.241 e. The molecular weight excluding hydrogens is 272 g/mol. The van der Waals surface area contributed by atoms with Gasteiger partial charge in [-0.15, -0.1) is 0 Å². The van der Waals surface area contributed by atoms with Crippen molar-refractivity contribution in [1.82, 2.24) is 29.8 Å². The molecule has 0 saturated carbocycles. The molecule has 0 spiro atoms. The van der Waals surface area contributed by atoms with E-state index in [2.05, 4.69) is 15.5 Å². The van der Waals surface area contributed by atoms with Crippen LogP contribution in [0.15, 0.2) is 6.20 Å². The van der Waals surface area contributed by atoms with E-state index in [4.69, 9.17) is 0 Å². The summed E-state index contributed by atoms with van der Waals surface area (Å²) in [7, 11) is 5.17. The number of fused-ring (bicyclic) bond motifs is 1. The lowest BCUT2D eigenvalue weighted by atomic mass is 10.3. The van der Waals surface area contributed by atoms with Crippen LogP contribution in [0.25, 0.3) is 11.0 Å². The van der Waals surface area contributed by atoms with E-state index < -0.39 is 0 Å². The van der Waals surface area contributed by atoms with Gasteiger partial charge in [-0.2, -0.15) is 10.2 Å². The summed E-state index contributed by atoms with van der Waals surface area (Å²) in [6.07, 6.45) is 2.01. The Kier molecular flexibility index (Phi) is 4.25. The zero-order valence-corrected chi connectivity index (χ0v) is 12.8. The molecule has 0 saturated heterocycles. The van der Waals surface area contributed by atoms with Crippen LogP contribution in [-0.2, 0) is 23.2 Å². The van der Waals surface area contributed by atoms with Gasteiger partial charge in [-0.25, -0.2) is 0 Å². The number of likely N-dealkylation sites (N-methyl/N-ethyl adjacent to an activating group) is 1. The fraction of sp³-hybridized carbons (Fsp3) is 0.538. The van der Waals surface area contributed by atoms with Gasteiger partial charge in [0.1, 0.15) is 11.0 Å². The Morgan fingerprint density at radius 1 is 1.38 bits per heavy atom. The number of nitrogens with zero attached hydrogens (tertiary/aromatic N) is 5. The Morgan fingerprint density at radius 2 is 2.10 bits per heavy atom. The molecule has 114 valence electrons. The molecule has 2 amide bonds. The van der Waals surface area contributed by atoms with Crippen molar-refractivity contribution in [2.24, 2.45) is 7.05 Å². The summed E-state index contributed by atoms with van der Waals surface area (Å²) >= 11 is 0. The van der Waals surface area contributed by atoms with Gasteiger partial charge in [0, 0.05) is 27.6 Å². The zero-order chi connectivity index (χ0) is 15.6. The van der Waals surface area contributed by atoms with Gasteiger partial charge in [-0.3, -0.25) is 19.0 Å². The SMILES string of the molecule is Cc1nn(C)c2cnn(CCC(=O)NCC(=O)N(C)C)c12. The Bertz CT molecular complexity index is 670. The lowest BCUT2D eigenvalue weighted by molar-refractivity contribution is -0.130. The van der Waals surface area contributed by atoms with E-state index in [9.17, 15) is 9.59 Å². The molecule has 0 atom stereocenters. The highest BCUT2D eigenvalue weighted by molar-refractivity contribution is 5.84. The fourth-order valence-corrected chi connectivity index (χ4v) is 2.11. The van der Waals surface area contributed by atoms with Gasteiger partial charge >= 0.3 is 0 Å². The van der Waals surface area contributed by atoms with E-state index in [1.807, 2.05) is 14.0 Å². The van der Waals surface area contributed by atoms with Gasteiger partial charge in [-0.05, 0) is 6.92 Å². The van der Waals surface area contributed by atoms with E-state index in [0.29, 0.717) is 6.54 Å². The maximum Gasteiger partial charge on any atom is 0.241 e. The van der Waals surface area contributed by atoms with Crippen molar-refractivity contribution in [3.63, 3.8) is 0 Å². The number of aromatic nitrogens is 4. The first-order valence-corrected chi connectivity index (χ1v) is 6.72. The molecule has 8 heteroatoms. The van der Waals surface area contributed by atoms with Crippen molar-refractivity contribution in [2.45, 2.75) is 19.9 Å². The van der Waals surface area contributed by atoms with Gasteiger partial charge in [0.25, 0.3) is 0 Å². The highest BCUT2D eigenvalue weighted by Crippen LogP contribution is 2.16. The molecule has 0 fully saturated rings. The summed E-state index contributed by atoms with van der Waals surface area (Å²) < 4.78 is 3.54. The zero-order valence-electron chi connectivity index (χ0n) is 12.8. The van der Waals surface area contributed by atoms with Crippen molar-refractivity contribution in [3.8, 4) is 0 Å². The monoisotopic (exact) mass is 292 g/mol. The molecule has 0 aliphatic heterocycles. The van der Waals surface area contributed by atoms with Crippen LogP contribution in [0.1, 0.15) is 12.1 Å². The standard InChI is InChI=1S/C13H20N6O2/c1-9-13-10(18(4)16-9)7-15-19(13)6-5-11(20)14-8-12(21)17(2)3/h7H,5-6,8H2,1-4H3,(H,14,20). The molecule has 2 rings (SSSR count). The second-order valence-electron chi connectivity index (χ2n) is 5.13. The third kappa shape index (κ3) is 3.21. The Balaban J connectivity index is 1.93. The van der Waals surface area contributed by atoms with Crippen LogP contribution >= 0.6 is 0 Å². The largest absolute Gasteiger partial charge is 0.347 e. The minimum absolute atomic E-state index is 0.0201. The van der Waals surface area contributed by atoms with Crippen LogP contribution in [0, 0.1) is 6.92 Å². The average Bonchev–Trinajstić information content (AvgIpc) is 2.96. The van der Waals surface area contributed by atoms with Crippen molar-refractivity contribution < 1.29 is 9.59 Å². The average molecular weight is 292 g/mol. The summed E-state index contributed by atoms with van der Waals surface area (Å²) in [5, 5.41) is 11.2. The maximum absolute atomic E-state index is 11.7. The minimum atomic E-state index is -0.171. The summed E-state index contributed by atoms with van der Waals surface area (Å²) in [5.74, 6) is -0.302. The number of carbonyl (C=O) groups is 2. The lowest BCUT2D eigenvalue weighted by Gasteiger charge is -2.11. The predicted octanol–water partition coefficient (Wildman–Crippen LogP) is -0.327. The Morgan fingerprint density at radius 3 is 2.76 bits per heavy atom. The van der Waals surface area contributed by atoms with Crippen LogP contribution < -0.4 is 5.32 Å². The predicted molar refractivity (Wildman–Crippen MR) is 77.6 cm³/mol. The Labute approximate surface area is 122 Å². The molecule has 0 aromatic carbocycles. The molecular formula is C13H20N6O2. The van der Waals surface area contributed by atoms with Gasteiger partial charge in [0.15, 0.2) is 0 Å². The second kappa shape index (κ2) is 5.94. The van der Waals surface area contributed by atoms with Crippen molar-refractivity contribution in [1.29, 1.82) is 0 Å². The van der Waals surface area contributed by atoms with Crippen molar-refractivity contribution >= 4 is 22.8 Å². The number of amides is 2. The maximum atomic E-state index is 11.7. The van der Waals surface area contributed by atoms with E-state index in [1.165, 1.54) is 4.90 Å². The quantitative estimate of drug-likeness (QED) is 0.818. The highest BCUT2D eigenvalue weighted by atomic mass is 16.2. The second-order valence-corrected chi connectivity index (χ2v) is 5.13. The van der Waals surface area contributed by atoms with Crippen molar-refractivity contribution in [2.75, 3.05) is 20.6 Å². The number of carbonyl (C=O) groups excluding carboxylic acids is 2. The number of hydrogen-bond donors (Lipinski definition) is 1. The molecule has 0 unspecified atom stereocenters. The van der Waals surface area contributed by atoms with E-state index in [-0.39, 0.29) is 24.8 Å². The van der Waals surface area contributed by atoms with E-state index in [0.717, 1.165) is 16.7 Å². The summed E-state index contributed by atoms with van der Waals surface area (Å²) in [5.41, 5.74) is 2.76. The van der Waals surface area contributed by atoms with Gasteiger partial charge in [0.2, 0.25) is 11.8 Å². The van der Waals surface area contributed by atoms with E-state index in [1.54, 1.807) is 29.7 Å². The van der Waals surface area contributed by atoms with Crippen LogP contribution in [0.5, 0.6) is 0 Å². The van der Waals surface area contributed by atoms with Crippen LogP contribution in [-0.4, -0.2) is 56.9 Å². The molecule has 21 heavy (non-hydrogen) atoms. The number of hydrogen-bond acceptors (Lipinski definition) is 4. The number of aryl methyl sites for hydroxylation is 3. The summed E-state index contributed by atoms with van der Waals surface area (Å²) in [6, 6.07) is 0. The molecule has 8 nitrogen and oxygen atoms in total. The molecule has 1 N–H and O–H groups in total. The first-order chi connectivity index (χ1) is 9.90.